The Balaban J connectivity index is 1.70. The number of aromatic nitrogens is 4. The summed E-state index contributed by atoms with van der Waals surface area (Å²) in [6.45, 7) is 1.63. The van der Waals surface area contributed by atoms with E-state index < -0.39 is 28.9 Å². The second kappa shape index (κ2) is 9.30. The van der Waals surface area contributed by atoms with Gasteiger partial charge in [0.15, 0.2) is 17.3 Å². The summed E-state index contributed by atoms with van der Waals surface area (Å²) in [4.78, 5) is 31.0. The van der Waals surface area contributed by atoms with Gasteiger partial charge in [-0.15, -0.1) is 0 Å². The topological polar surface area (TPSA) is 134 Å². The van der Waals surface area contributed by atoms with E-state index in [1.165, 1.54) is 12.3 Å². The van der Waals surface area contributed by atoms with Crippen molar-refractivity contribution in [3.63, 3.8) is 0 Å². The van der Waals surface area contributed by atoms with Gasteiger partial charge in [0.05, 0.1) is 23.5 Å². The molecule has 0 atom stereocenters. The van der Waals surface area contributed by atoms with Gasteiger partial charge in [-0.3, -0.25) is 9.78 Å². The van der Waals surface area contributed by atoms with Crippen molar-refractivity contribution in [2.45, 2.75) is 25.4 Å². The van der Waals surface area contributed by atoms with Crippen LogP contribution >= 0.6 is 0 Å². The molecule has 3 aromatic heterocycles. The Hall–Kier alpha value is -4.27. The van der Waals surface area contributed by atoms with Gasteiger partial charge in [-0.25, -0.2) is 15.0 Å². The van der Waals surface area contributed by atoms with Crippen LogP contribution < -0.4 is 16.0 Å². The third kappa shape index (κ3) is 4.59. The lowest BCUT2D eigenvalue weighted by Crippen LogP contribution is -2.31. The smallest absolute Gasteiger partial charge is 0.382 e. The predicted molar refractivity (Wildman–Crippen MR) is 118 cm³/mol. The molecular formula is C22H19F3N8O. The van der Waals surface area contributed by atoms with Crippen LogP contribution in [0.15, 0.2) is 36.8 Å². The number of rotatable bonds is 4. The van der Waals surface area contributed by atoms with Gasteiger partial charge in [-0.2, -0.15) is 18.4 Å². The zero-order valence-corrected chi connectivity index (χ0v) is 17.8. The molecule has 4 rings (SSSR count). The Morgan fingerprint density at radius 2 is 1.88 bits per heavy atom. The van der Waals surface area contributed by atoms with Crippen LogP contribution in [-0.4, -0.2) is 38.9 Å². The lowest BCUT2D eigenvalue weighted by molar-refractivity contribution is -0.137. The van der Waals surface area contributed by atoms with Crippen molar-refractivity contribution in [1.29, 1.82) is 5.26 Å². The number of hydrogen-bond donors (Lipinski definition) is 2. The molecule has 34 heavy (non-hydrogen) atoms. The van der Waals surface area contributed by atoms with Crippen LogP contribution in [0.2, 0.25) is 0 Å². The normalized spacial score (nSPS) is 13.9. The highest BCUT2D eigenvalue weighted by Crippen LogP contribution is 2.37. The van der Waals surface area contributed by atoms with E-state index in [0.717, 1.165) is 56.5 Å². The van der Waals surface area contributed by atoms with E-state index in [9.17, 15) is 18.0 Å². The summed E-state index contributed by atoms with van der Waals surface area (Å²) >= 11 is 0. The van der Waals surface area contributed by atoms with E-state index in [1.807, 2.05) is 6.07 Å². The van der Waals surface area contributed by atoms with E-state index in [1.54, 1.807) is 6.07 Å². The number of carbonyl (C=O) groups is 1. The minimum absolute atomic E-state index is 0.276. The number of halogens is 3. The molecule has 4 heterocycles. The zero-order chi connectivity index (χ0) is 24.3. The monoisotopic (exact) mass is 468 g/mol. The molecular weight excluding hydrogens is 449 g/mol. The molecule has 1 aliphatic rings. The first-order valence-corrected chi connectivity index (χ1v) is 10.4. The van der Waals surface area contributed by atoms with Crippen LogP contribution in [0, 0.1) is 11.3 Å². The zero-order valence-electron chi connectivity index (χ0n) is 17.8. The molecule has 0 unspecified atom stereocenters. The van der Waals surface area contributed by atoms with Crippen molar-refractivity contribution in [3.8, 4) is 17.5 Å². The van der Waals surface area contributed by atoms with Gasteiger partial charge in [-0.1, -0.05) is 0 Å². The third-order valence-corrected chi connectivity index (χ3v) is 5.33. The van der Waals surface area contributed by atoms with Gasteiger partial charge < -0.3 is 16.0 Å². The molecule has 0 aliphatic carbocycles. The Kier molecular flexibility index (Phi) is 6.27. The Morgan fingerprint density at radius 1 is 1.12 bits per heavy atom. The first-order chi connectivity index (χ1) is 16.3. The largest absolute Gasteiger partial charge is 0.419 e. The summed E-state index contributed by atoms with van der Waals surface area (Å²) in [7, 11) is 0. The lowest BCUT2D eigenvalue weighted by Gasteiger charge is -2.29. The van der Waals surface area contributed by atoms with E-state index >= 15 is 0 Å². The summed E-state index contributed by atoms with van der Waals surface area (Å²) in [6.07, 6.45) is 1.82. The van der Waals surface area contributed by atoms with E-state index in [4.69, 9.17) is 11.0 Å². The number of hydrogen-bond acceptors (Lipinski definition) is 8. The lowest BCUT2D eigenvalue weighted by atomic mass is 10.0. The van der Waals surface area contributed by atoms with Crippen molar-refractivity contribution in [2.75, 3.05) is 29.0 Å². The molecule has 1 fully saturated rings. The number of pyridine rings is 2. The molecule has 1 aliphatic heterocycles. The third-order valence-electron chi connectivity index (χ3n) is 5.33. The Morgan fingerprint density at radius 3 is 2.59 bits per heavy atom. The molecule has 0 aromatic carbocycles. The molecule has 1 saturated heterocycles. The minimum atomic E-state index is -4.88. The maximum Gasteiger partial charge on any atom is 0.419 e. The summed E-state index contributed by atoms with van der Waals surface area (Å²) in [5.41, 5.74) is 3.30. The summed E-state index contributed by atoms with van der Waals surface area (Å²) < 4.78 is 41.0. The quantitative estimate of drug-likeness (QED) is 0.593. The van der Waals surface area contributed by atoms with E-state index in [-0.39, 0.29) is 23.0 Å². The number of anilines is 3. The molecule has 0 saturated carbocycles. The highest BCUT2D eigenvalue weighted by Gasteiger charge is 2.38. The maximum absolute atomic E-state index is 13.7. The molecule has 174 valence electrons. The average Bonchev–Trinajstić information content (AvgIpc) is 2.84. The first-order valence-electron chi connectivity index (χ1n) is 10.4. The Bertz CT molecular complexity index is 1270. The number of carbonyl (C=O) groups excluding carboxylic acids is 1. The number of nitrogens with one attached hydrogen (secondary N) is 1. The second-order valence-corrected chi connectivity index (χ2v) is 7.55. The molecule has 0 bridgehead atoms. The van der Waals surface area contributed by atoms with E-state index in [2.05, 4.69) is 30.2 Å². The van der Waals surface area contributed by atoms with Crippen LogP contribution in [0.25, 0.3) is 11.4 Å². The standard InChI is InChI=1S/C22H19F3N8O/c23-22(24,25)16-13(11-26)6-8-28-17(16)14-12-30-19(27)18(31-14)21(34)32-20-15(5-4-7-29-20)33-9-2-1-3-10-33/h4-8,12H,1-3,9-10H2,(H2,27,30)(H,29,32,34). The summed E-state index contributed by atoms with van der Waals surface area (Å²) in [5, 5.41) is 11.8. The number of nitriles is 1. The van der Waals surface area contributed by atoms with Gasteiger partial charge in [0, 0.05) is 25.5 Å². The summed E-state index contributed by atoms with van der Waals surface area (Å²) in [5.74, 6) is -0.780. The maximum atomic E-state index is 13.7. The van der Waals surface area contributed by atoms with Crippen molar-refractivity contribution in [3.05, 3.63) is 53.6 Å². The number of alkyl halides is 3. The average molecular weight is 468 g/mol. The number of nitrogens with two attached hydrogens (primary N) is 1. The molecule has 3 aromatic rings. The number of nitrogens with zero attached hydrogens (tertiary/aromatic N) is 6. The van der Waals surface area contributed by atoms with Crippen molar-refractivity contribution in [1.82, 2.24) is 19.9 Å². The molecule has 1 amide bonds. The van der Waals surface area contributed by atoms with Crippen molar-refractivity contribution < 1.29 is 18.0 Å². The van der Waals surface area contributed by atoms with Gasteiger partial charge in [0.1, 0.15) is 17.0 Å². The van der Waals surface area contributed by atoms with Gasteiger partial charge in [-0.05, 0) is 37.5 Å². The number of piperidine rings is 1. The molecule has 0 radical (unpaired) electrons. The second-order valence-electron chi connectivity index (χ2n) is 7.55. The fraction of sp³-hybridized carbons (Fsp3) is 0.273. The van der Waals surface area contributed by atoms with Gasteiger partial charge in [0.25, 0.3) is 5.91 Å². The van der Waals surface area contributed by atoms with Crippen LogP contribution in [0.3, 0.4) is 0 Å². The molecule has 9 nitrogen and oxygen atoms in total. The van der Waals surface area contributed by atoms with Gasteiger partial charge in [0.2, 0.25) is 0 Å². The van der Waals surface area contributed by atoms with Crippen LogP contribution in [0.1, 0.15) is 40.9 Å². The fourth-order valence-corrected chi connectivity index (χ4v) is 3.77. The van der Waals surface area contributed by atoms with Crippen molar-refractivity contribution >= 4 is 23.2 Å². The number of nitrogen functional groups attached to an aromatic ring is 1. The van der Waals surface area contributed by atoms with Crippen molar-refractivity contribution in [2.24, 2.45) is 0 Å². The minimum Gasteiger partial charge on any atom is -0.382 e. The van der Waals surface area contributed by atoms with Gasteiger partial charge >= 0.3 is 6.18 Å². The Labute approximate surface area is 192 Å². The summed E-state index contributed by atoms with van der Waals surface area (Å²) in [6, 6.07) is 6.03. The van der Waals surface area contributed by atoms with Crippen LogP contribution in [0.5, 0.6) is 0 Å². The molecule has 3 N–H and O–H groups in total. The van der Waals surface area contributed by atoms with Crippen LogP contribution in [0.4, 0.5) is 30.5 Å². The van der Waals surface area contributed by atoms with Crippen LogP contribution in [-0.2, 0) is 6.18 Å². The molecule has 12 heteroatoms. The predicted octanol–water partition coefficient (Wildman–Crippen LogP) is 3.65. The number of amides is 1. The first kappa shape index (κ1) is 22.9. The van der Waals surface area contributed by atoms with E-state index in [0.29, 0.717) is 0 Å². The SMILES string of the molecule is N#Cc1ccnc(-c2cnc(N)c(C(=O)Nc3ncccc3N3CCCCC3)n2)c1C(F)(F)F. The molecule has 0 spiro atoms. The highest BCUT2D eigenvalue weighted by atomic mass is 19.4. The fourth-order valence-electron chi connectivity index (χ4n) is 3.77. The highest BCUT2D eigenvalue weighted by molar-refractivity contribution is 6.06.